The van der Waals surface area contributed by atoms with Gasteiger partial charge in [0.1, 0.15) is 0 Å². The molecule has 0 aliphatic heterocycles. The first kappa shape index (κ1) is 15.8. The van der Waals surface area contributed by atoms with Crippen molar-refractivity contribution in [2.75, 3.05) is 0 Å². The van der Waals surface area contributed by atoms with E-state index in [2.05, 4.69) is 22.6 Å². The Balaban J connectivity index is 5.28. The molecule has 96 valence electrons. The molecule has 0 aliphatic rings. The first-order valence-corrected chi connectivity index (χ1v) is 9.65. The molecule has 0 N–H and O–H groups in total. The van der Waals surface area contributed by atoms with Crippen LogP contribution in [-0.4, -0.2) is 19.7 Å². The van der Waals surface area contributed by atoms with Gasteiger partial charge in [-0.05, 0) is 19.6 Å². The molecular formula is C9H15O6PSi. The van der Waals surface area contributed by atoms with Crippen LogP contribution in [0.4, 0.5) is 9.59 Å². The fraction of sp³-hybridized carbons (Fsp3) is 0.333. The van der Waals surface area contributed by atoms with Gasteiger partial charge >= 0.3 is 18.8 Å². The summed E-state index contributed by atoms with van der Waals surface area (Å²) in [5, 5.41) is 0. The van der Waals surface area contributed by atoms with E-state index in [1.165, 1.54) is 0 Å². The lowest BCUT2D eigenvalue weighted by molar-refractivity contribution is 0.197. The average molecular weight is 278 g/mol. The van der Waals surface area contributed by atoms with E-state index in [-0.39, 0.29) is 0 Å². The van der Waals surface area contributed by atoms with Crippen molar-refractivity contribution < 1.29 is 27.8 Å². The lowest BCUT2D eigenvalue weighted by Crippen LogP contribution is -2.28. The third kappa shape index (κ3) is 4.68. The summed E-state index contributed by atoms with van der Waals surface area (Å²) >= 11 is 0. The highest BCUT2D eigenvalue weighted by molar-refractivity contribution is 7.90. The summed E-state index contributed by atoms with van der Waals surface area (Å²) in [4.78, 5) is 22.9. The van der Waals surface area contributed by atoms with Gasteiger partial charge in [-0.15, -0.1) is 0 Å². The Kier molecular flexibility index (Phi) is 5.54. The zero-order chi connectivity index (χ0) is 13.7. The van der Waals surface area contributed by atoms with E-state index >= 15 is 0 Å². The minimum absolute atomic E-state index is 0.768. The Labute approximate surface area is 101 Å². The summed E-state index contributed by atoms with van der Waals surface area (Å²) in [7, 11) is -6.77. The van der Waals surface area contributed by atoms with Crippen molar-refractivity contribution in [1.82, 2.24) is 0 Å². The minimum atomic E-state index is -4.36. The van der Waals surface area contributed by atoms with Crippen LogP contribution >= 0.6 is 7.37 Å². The van der Waals surface area contributed by atoms with Crippen molar-refractivity contribution in [3.63, 3.8) is 0 Å². The van der Waals surface area contributed by atoms with Gasteiger partial charge in [-0.25, -0.2) is 9.59 Å². The van der Waals surface area contributed by atoms with E-state index in [4.69, 9.17) is 4.21 Å². The first-order chi connectivity index (χ1) is 7.67. The maximum atomic E-state index is 12.2. The maximum absolute atomic E-state index is 12.2. The van der Waals surface area contributed by atoms with Crippen molar-refractivity contribution >= 4 is 27.1 Å². The Bertz CT molecular complexity index is 357. The predicted molar refractivity (Wildman–Crippen MR) is 65.4 cm³/mol. The second kappa shape index (κ2) is 5.95. The zero-order valence-corrected chi connectivity index (χ0v) is 11.9. The van der Waals surface area contributed by atoms with Gasteiger partial charge in [-0.1, -0.05) is 13.2 Å². The molecule has 0 saturated carbocycles. The van der Waals surface area contributed by atoms with Gasteiger partial charge in [0.2, 0.25) is 0 Å². The number of carbonyl (C=O) groups excluding carboxylic acids is 2. The molecule has 6 nitrogen and oxygen atoms in total. The number of hydrogen-bond acceptors (Lipinski definition) is 6. The standard InChI is InChI=1S/C9H15O6PSi/c1-6-13-8(10)16(12,9(11)14-7-2)15-17(3,4)5/h6-7H,1-2H2,3-5H3. The summed E-state index contributed by atoms with van der Waals surface area (Å²) in [5.41, 5.74) is -2.61. The molecule has 0 aromatic rings. The normalized spacial score (nSPS) is 11.5. The largest absolute Gasteiger partial charge is 0.428 e. The van der Waals surface area contributed by atoms with Crippen molar-refractivity contribution in [3.8, 4) is 0 Å². The molecule has 0 radical (unpaired) electrons. The van der Waals surface area contributed by atoms with Crippen LogP contribution < -0.4 is 0 Å². The van der Waals surface area contributed by atoms with E-state index in [1.54, 1.807) is 19.6 Å². The summed E-state index contributed by atoms with van der Waals surface area (Å²) in [6.07, 6.45) is 1.54. The summed E-state index contributed by atoms with van der Waals surface area (Å²) in [6.45, 7) is 11.3. The van der Waals surface area contributed by atoms with Gasteiger partial charge in [0.15, 0.2) is 8.32 Å². The fourth-order valence-electron chi connectivity index (χ4n) is 0.816. The molecule has 17 heavy (non-hydrogen) atoms. The van der Waals surface area contributed by atoms with Gasteiger partial charge < -0.3 is 13.7 Å². The SMILES string of the molecule is C=COC(=O)P(=O)(O[Si](C)(C)C)C(=O)OC=C. The number of ether oxygens (including phenoxy) is 2. The molecule has 0 saturated heterocycles. The summed E-state index contributed by atoms with van der Waals surface area (Å²) < 4.78 is 26.0. The van der Waals surface area contributed by atoms with Crippen molar-refractivity contribution in [3.05, 3.63) is 25.7 Å². The van der Waals surface area contributed by atoms with Crippen LogP contribution in [0.1, 0.15) is 0 Å². The highest BCUT2D eigenvalue weighted by Crippen LogP contribution is 2.53. The van der Waals surface area contributed by atoms with Crippen molar-refractivity contribution in [1.29, 1.82) is 0 Å². The molecule has 0 aliphatic carbocycles. The van der Waals surface area contributed by atoms with Crippen LogP contribution in [0.3, 0.4) is 0 Å². The van der Waals surface area contributed by atoms with Gasteiger partial charge in [0.05, 0.1) is 12.5 Å². The third-order valence-corrected chi connectivity index (χ3v) is 5.64. The highest BCUT2D eigenvalue weighted by atomic mass is 31.2. The topological polar surface area (TPSA) is 78.9 Å². The Morgan fingerprint density at radius 1 is 1.06 bits per heavy atom. The minimum Gasteiger partial charge on any atom is -0.428 e. The smallest absolute Gasteiger partial charge is 0.406 e. The van der Waals surface area contributed by atoms with Gasteiger partial charge in [-0.2, -0.15) is 0 Å². The molecule has 0 spiro atoms. The van der Waals surface area contributed by atoms with Gasteiger partial charge in [0.25, 0.3) is 0 Å². The Hall–Kier alpha value is -1.17. The third-order valence-electron chi connectivity index (χ3n) is 1.25. The van der Waals surface area contributed by atoms with E-state index in [1.807, 2.05) is 0 Å². The van der Waals surface area contributed by atoms with E-state index in [0.29, 0.717) is 0 Å². The number of rotatable bonds is 6. The molecule has 8 heteroatoms. The zero-order valence-electron chi connectivity index (χ0n) is 9.97. The molecule has 0 bridgehead atoms. The van der Waals surface area contributed by atoms with Crippen LogP contribution in [-0.2, 0) is 18.3 Å². The maximum Gasteiger partial charge on any atom is 0.406 e. The summed E-state index contributed by atoms with van der Waals surface area (Å²) in [5.74, 6) is 0. The molecule has 0 rings (SSSR count). The lowest BCUT2D eigenvalue weighted by Gasteiger charge is -2.22. The van der Waals surface area contributed by atoms with Crippen LogP contribution in [0.25, 0.3) is 0 Å². The lowest BCUT2D eigenvalue weighted by atomic mass is 11.1. The Morgan fingerprint density at radius 3 is 1.65 bits per heavy atom. The molecule has 0 atom stereocenters. The first-order valence-electron chi connectivity index (χ1n) is 4.62. The second-order valence-electron chi connectivity index (χ2n) is 3.86. The van der Waals surface area contributed by atoms with Crippen molar-refractivity contribution in [2.24, 2.45) is 0 Å². The fourth-order valence-corrected chi connectivity index (χ4v) is 5.07. The summed E-state index contributed by atoms with van der Waals surface area (Å²) in [6, 6.07) is 0. The predicted octanol–water partition coefficient (Wildman–Crippen LogP) is 3.68. The quantitative estimate of drug-likeness (QED) is 0.419. The Morgan fingerprint density at radius 2 is 1.41 bits per heavy atom. The van der Waals surface area contributed by atoms with Crippen LogP contribution in [0.5, 0.6) is 0 Å². The molecule has 0 unspecified atom stereocenters. The van der Waals surface area contributed by atoms with Gasteiger partial charge in [-0.3, -0.25) is 4.57 Å². The van der Waals surface area contributed by atoms with Crippen molar-refractivity contribution in [2.45, 2.75) is 19.6 Å². The highest BCUT2D eigenvalue weighted by Gasteiger charge is 2.48. The molecule has 0 heterocycles. The van der Waals surface area contributed by atoms with E-state index in [0.717, 1.165) is 12.5 Å². The van der Waals surface area contributed by atoms with E-state index in [9.17, 15) is 14.2 Å². The van der Waals surface area contributed by atoms with Gasteiger partial charge in [0, 0.05) is 0 Å². The monoisotopic (exact) mass is 278 g/mol. The number of hydrogen-bond donors (Lipinski definition) is 0. The van der Waals surface area contributed by atoms with Crippen LogP contribution in [0.2, 0.25) is 19.6 Å². The van der Waals surface area contributed by atoms with Crippen LogP contribution in [0, 0.1) is 0 Å². The molecule has 0 aromatic carbocycles. The average Bonchev–Trinajstić information content (AvgIpc) is 2.15. The second-order valence-corrected chi connectivity index (χ2v) is 10.6. The molecule has 0 amide bonds. The van der Waals surface area contributed by atoms with E-state index < -0.39 is 27.1 Å². The number of carbonyl (C=O) groups is 2. The molecule has 0 aromatic heterocycles. The molecule has 0 fully saturated rings. The van der Waals surface area contributed by atoms with Crippen LogP contribution in [0.15, 0.2) is 25.7 Å². The molecular weight excluding hydrogens is 263 g/mol.